The van der Waals surface area contributed by atoms with Gasteiger partial charge in [0.15, 0.2) is 0 Å². The van der Waals surface area contributed by atoms with Gasteiger partial charge in [0, 0.05) is 12.6 Å². The van der Waals surface area contributed by atoms with E-state index >= 15 is 0 Å². The van der Waals surface area contributed by atoms with Gasteiger partial charge in [0.25, 0.3) is 0 Å². The lowest BCUT2D eigenvalue weighted by Gasteiger charge is -2.14. The first-order valence-electron chi connectivity index (χ1n) is 5.99. The Labute approximate surface area is 109 Å². The molecule has 0 fully saturated rings. The lowest BCUT2D eigenvalue weighted by Crippen LogP contribution is -2.32. The number of ether oxygens (including phenoxy) is 1. The van der Waals surface area contributed by atoms with Crippen molar-refractivity contribution in [2.75, 3.05) is 19.8 Å². The Morgan fingerprint density at radius 2 is 2.05 bits per heavy atom. The van der Waals surface area contributed by atoms with E-state index in [1.54, 1.807) is 12.1 Å². The fourth-order valence-corrected chi connectivity index (χ4v) is 1.66. The maximum atomic E-state index is 12.9. The zero-order chi connectivity index (χ0) is 14.3. The minimum atomic E-state index is -4.28. The van der Waals surface area contributed by atoms with Crippen molar-refractivity contribution >= 4 is 0 Å². The van der Waals surface area contributed by atoms with Gasteiger partial charge in [-0.2, -0.15) is 13.2 Å². The normalized spacial score (nSPS) is 13.5. The number of nitrogens with one attached hydrogen (secondary N) is 1. The van der Waals surface area contributed by atoms with Crippen molar-refractivity contribution in [3.63, 3.8) is 0 Å². The van der Waals surface area contributed by atoms with Gasteiger partial charge in [-0.05, 0) is 31.0 Å². The molecular formula is C13H17F4NO. The molecule has 0 aliphatic heterocycles. The second-order valence-electron chi connectivity index (χ2n) is 4.36. The van der Waals surface area contributed by atoms with Crippen molar-refractivity contribution in [1.29, 1.82) is 0 Å². The first kappa shape index (κ1) is 15.9. The minimum Gasteiger partial charge on any atom is -0.371 e. The maximum Gasteiger partial charge on any atom is 0.411 e. The van der Waals surface area contributed by atoms with Gasteiger partial charge in [-0.25, -0.2) is 4.39 Å². The van der Waals surface area contributed by atoms with Gasteiger partial charge in [0.1, 0.15) is 12.4 Å². The highest BCUT2D eigenvalue weighted by molar-refractivity contribution is 5.17. The van der Waals surface area contributed by atoms with Gasteiger partial charge in [0.2, 0.25) is 0 Å². The Hall–Kier alpha value is -1.14. The molecule has 0 saturated carbocycles. The van der Waals surface area contributed by atoms with Gasteiger partial charge < -0.3 is 10.1 Å². The van der Waals surface area contributed by atoms with Crippen LogP contribution in [0, 0.1) is 5.82 Å². The average Bonchev–Trinajstić information content (AvgIpc) is 2.26. The fraction of sp³-hybridized carbons (Fsp3) is 0.538. The molecule has 0 saturated heterocycles. The van der Waals surface area contributed by atoms with E-state index < -0.39 is 12.8 Å². The van der Waals surface area contributed by atoms with Crippen LogP contribution >= 0.6 is 0 Å². The summed E-state index contributed by atoms with van der Waals surface area (Å²) in [5.41, 5.74) is 0.844. The second kappa shape index (κ2) is 7.45. The van der Waals surface area contributed by atoms with Crippen LogP contribution in [0.5, 0.6) is 0 Å². The van der Waals surface area contributed by atoms with Crippen molar-refractivity contribution in [2.45, 2.75) is 25.6 Å². The highest BCUT2D eigenvalue weighted by Gasteiger charge is 2.27. The van der Waals surface area contributed by atoms with Crippen molar-refractivity contribution in [1.82, 2.24) is 5.32 Å². The Morgan fingerprint density at radius 1 is 1.32 bits per heavy atom. The lowest BCUT2D eigenvalue weighted by atomic mass is 10.1. The topological polar surface area (TPSA) is 21.3 Å². The van der Waals surface area contributed by atoms with Crippen LogP contribution in [0.4, 0.5) is 17.6 Å². The fourth-order valence-electron chi connectivity index (χ4n) is 1.66. The van der Waals surface area contributed by atoms with Gasteiger partial charge in [-0.3, -0.25) is 0 Å². The van der Waals surface area contributed by atoms with E-state index in [0.29, 0.717) is 13.0 Å². The highest BCUT2D eigenvalue weighted by atomic mass is 19.4. The number of hydrogen-bond acceptors (Lipinski definition) is 2. The number of rotatable bonds is 7. The average molecular weight is 279 g/mol. The number of benzene rings is 1. The van der Waals surface area contributed by atoms with Crippen LogP contribution in [0.15, 0.2) is 24.3 Å². The third kappa shape index (κ3) is 7.79. The molecule has 6 heteroatoms. The summed E-state index contributed by atoms with van der Waals surface area (Å²) in [7, 11) is 0. The Bertz CT molecular complexity index is 381. The van der Waals surface area contributed by atoms with Gasteiger partial charge >= 0.3 is 6.18 Å². The molecule has 0 aromatic heterocycles. The van der Waals surface area contributed by atoms with Crippen LogP contribution in [0.2, 0.25) is 0 Å². The summed E-state index contributed by atoms with van der Waals surface area (Å²) in [5.74, 6) is -0.293. The Morgan fingerprint density at radius 3 is 2.68 bits per heavy atom. The van der Waals surface area contributed by atoms with Crippen molar-refractivity contribution in [2.24, 2.45) is 0 Å². The molecule has 0 aliphatic carbocycles. The molecule has 108 valence electrons. The summed E-state index contributed by atoms with van der Waals surface area (Å²) >= 11 is 0. The predicted molar refractivity (Wildman–Crippen MR) is 64.4 cm³/mol. The standard InChI is InChI=1S/C13H17F4NO/c1-10(7-11-3-2-4-12(14)8-11)18-5-6-19-9-13(15,16)17/h2-4,8,10,18H,5-7,9H2,1H3. The molecule has 0 heterocycles. The summed E-state index contributed by atoms with van der Waals surface area (Å²) in [6.07, 6.45) is -3.68. The van der Waals surface area contributed by atoms with Crippen LogP contribution in [0.1, 0.15) is 12.5 Å². The maximum absolute atomic E-state index is 12.9. The first-order valence-corrected chi connectivity index (χ1v) is 5.99. The van der Waals surface area contributed by atoms with Crippen molar-refractivity contribution in [3.05, 3.63) is 35.6 Å². The third-order valence-corrected chi connectivity index (χ3v) is 2.44. The molecule has 1 aromatic carbocycles. The van der Waals surface area contributed by atoms with E-state index in [1.165, 1.54) is 12.1 Å². The van der Waals surface area contributed by atoms with Gasteiger partial charge in [0.05, 0.1) is 6.61 Å². The first-order chi connectivity index (χ1) is 8.87. The quantitative estimate of drug-likeness (QED) is 0.612. The summed E-state index contributed by atoms with van der Waals surface area (Å²) in [6, 6.07) is 6.28. The summed E-state index contributed by atoms with van der Waals surface area (Å²) in [6.45, 7) is 0.973. The van der Waals surface area contributed by atoms with Crippen LogP contribution < -0.4 is 5.32 Å². The zero-order valence-corrected chi connectivity index (χ0v) is 10.6. The van der Waals surface area contributed by atoms with Crippen molar-refractivity contribution in [3.8, 4) is 0 Å². The van der Waals surface area contributed by atoms with Crippen molar-refractivity contribution < 1.29 is 22.3 Å². The molecule has 1 rings (SSSR count). The molecule has 1 N–H and O–H groups in total. The largest absolute Gasteiger partial charge is 0.411 e. The number of alkyl halides is 3. The number of hydrogen-bond donors (Lipinski definition) is 1. The molecule has 0 bridgehead atoms. The SMILES string of the molecule is CC(Cc1cccc(F)c1)NCCOCC(F)(F)F. The van der Waals surface area contributed by atoms with E-state index in [9.17, 15) is 17.6 Å². The molecular weight excluding hydrogens is 262 g/mol. The van der Waals surface area contributed by atoms with E-state index in [1.807, 2.05) is 6.92 Å². The zero-order valence-electron chi connectivity index (χ0n) is 10.6. The molecule has 0 aliphatic rings. The van der Waals surface area contributed by atoms with E-state index in [2.05, 4.69) is 10.1 Å². The monoisotopic (exact) mass is 279 g/mol. The summed E-state index contributed by atoms with van der Waals surface area (Å²) < 4.78 is 52.8. The Kier molecular flexibility index (Phi) is 6.24. The number of halogens is 4. The van der Waals surface area contributed by atoms with E-state index in [4.69, 9.17) is 0 Å². The van der Waals surface area contributed by atoms with E-state index in [-0.39, 0.29) is 18.5 Å². The smallest absolute Gasteiger partial charge is 0.371 e. The molecule has 19 heavy (non-hydrogen) atoms. The summed E-state index contributed by atoms with van der Waals surface area (Å²) in [4.78, 5) is 0. The van der Waals surface area contributed by atoms with Crippen LogP contribution in [0.25, 0.3) is 0 Å². The van der Waals surface area contributed by atoms with Gasteiger partial charge in [-0.1, -0.05) is 12.1 Å². The lowest BCUT2D eigenvalue weighted by molar-refractivity contribution is -0.173. The van der Waals surface area contributed by atoms with Crippen LogP contribution in [0.3, 0.4) is 0 Å². The summed E-state index contributed by atoms with van der Waals surface area (Å²) in [5, 5.41) is 3.02. The molecule has 1 aromatic rings. The Balaban J connectivity index is 2.16. The molecule has 1 atom stereocenters. The van der Waals surface area contributed by atoms with Gasteiger partial charge in [-0.15, -0.1) is 0 Å². The molecule has 0 amide bonds. The molecule has 1 unspecified atom stereocenters. The van der Waals surface area contributed by atoms with Crippen LogP contribution in [-0.2, 0) is 11.2 Å². The van der Waals surface area contributed by atoms with Crippen LogP contribution in [-0.4, -0.2) is 32.0 Å². The van der Waals surface area contributed by atoms with E-state index in [0.717, 1.165) is 5.56 Å². The highest BCUT2D eigenvalue weighted by Crippen LogP contribution is 2.14. The molecule has 0 radical (unpaired) electrons. The third-order valence-electron chi connectivity index (χ3n) is 2.44. The second-order valence-corrected chi connectivity index (χ2v) is 4.36. The minimum absolute atomic E-state index is 0.00694. The molecule has 2 nitrogen and oxygen atoms in total. The molecule has 0 spiro atoms. The predicted octanol–water partition coefficient (Wildman–Crippen LogP) is 2.93.